The number of halogens is 3. The van der Waals surface area contributed by atoms with Gasteiger partial charge in [0.25, 0.3) is 15.9 Å². The molecule has 0 saturated heterocycles. The fraction of sp³-hybridized carbons (Fsp3) is 0.174. The number of aryl methyl sites for hydroxylation is 2. The van der Waals surface area contributed by atoms with Gasteiger partial charge in [0.05, 0.1) is 20.6 Å². The third kappa shape index (κ3) is 6.12. The predicted octanol–water partition coefficient (Wildman–Crippen LogP) is 6.47. The lowest BCUT2D eigenvalue weighted by molar-refractivity contribution is -0.122. The zero-order valence-electron chi connectivity index (χ0n) is 17.9. The lowest BCUT2D eigenvalue weighted by atomic mass is 10.1. The van der Waals surface area contributed by atoms with Gasteiger partial charge < -0.3 is 10.1 Å². The lowest BCUT2D eigenvalue weighted by Gasteiger charge is -2.16. The van der Waals surface area contributed by atoms with Gasteiger partial charge >= 0.3 is 0 Å². The first kappa shape index (κ1) is 25.2. The Hall–Kier alpha value is -2.45. The van der Waals surface area contributed by atoms with E-state index in [0.717, 1.165) is 11.1 Å². The molecule has 0 heterocycles. The number of benzene rings is 3. The van der Waals surface area contributed by atoms with Crippen molar-refractivity contribution in [1.82, 2.24) is 0 Å². The van der Waals surface area contributed by atoms with Crippen LogP contribution in [0, 0.1) is 13.8 Å². The molecule has 3 aromatic rings. The lowest BCUT2D eigenvalue weighted by Crippen LogP contribution is -2.30. The van der Waals surface area contributed by atoms with E-state index in [2.05, 4.69) is 10.0 Å². The number of nitrogens with one attached hydrogen (secondary N) is 2. The van der Waals surface area contributed by atoms with Gasteiger partial charge in [-0.3, -0.25) is 9.52 Å². The van der Waals surface area contributed by atoms with Crippen LogP contribution in [0.3, 0.4) is 0 Å². The number of carbonyl (C=O) groups is 1. The molecule has 0 saturated carbocycles. The van der Waals surface area contributed by atoms with Crippen molar-refractivity contribution in [3.05, 3.63) is 80.8 Å². The summed E-state index contributed by atoms with van der Waals surface area (Å²) in [5.74, 6) is 0.143. The van der Waals surface area contributed by atoms with Crippen LogP contribution in [0.4, 0.5) is 11.4 Å². The molecule has 3 aromatic carbocycles. The van der Waals surface area contributed by atoms with Crippen LogP contribution in [0.2, 0.25) is 15.1 Å². The van der Waals surface area contributed by atoms with Gasteiger partial charge in [-0.05, 0) is 80.4 Å². The first-order chi connectivity index (χ1) is 15.5. The second-order valence-corrected chi connectivity index (χ2v) is 10.2. The second kappa shape index (κ2) is 10.2. The highest BCUT2D eigenvalue weighted by atomic mass is 35.5. The summed E-state index contributed by atoms with van der Waals surface area (Å²) >= 11 is 18.2. The fourth-order valence-electron chi connectivity index (χ4n) is 2.98. The van der Waals surface area contributed by atoms with Crippen LogP contribution in [0.15, 0.2) is 59.5 Å². The maximum Gasteiger partial charge on any atom is 0.265 e. The molecule has 0 bridgehead atoms. The number of hydrogen-bond donors (Lipinski definition) is 2. The molecule has 0 aliphatic heterocycles. The zero-order chi connectivity index (χ0) is 24.3. The van der Waals surface area contributed by atoms with Crippen LogP contribution < -0.4 is 14.8 Å². The molecule has 0 aromatic heterocycles. The van der Waals surface area contributed by atoms with E-state index in [1.807, 2.05) is 13.8 Å². The summed E-state index contributed by atoms with van der Waals surface area (Å²) in [6.07, 6.45) is -0.792. The molecule has 33 heavy (non-hydrogen) atoms. The van der Waals surface area contributed by atoms with Crippen LogP contribution in [0.25, 0.3) is 0 Å². The van der Waals surface area contributed by atoms with Crippen LogP contribution in [0.5, 0.6) is 5.75 Å². The van der Waals surface area contributed by atoms with Gasteiger partial charge in [-0.15, -0.1) is 0 Å². The van der Waals surface area contributed by atoms with Gasteiger partial charge in [0.15, 0.2) is 6.10 Å². The van der Waals surface area contributed by atoms with Gasteiger partial charge in [-0.2, -0.15) is 0 Å². The van der Waals surface area contributed by atoms with Crippen LogP contribution in [0.1, 0.15) is 18.1 Å². The van der Waals surface area contributed by atoms with Crippen molar-refractivity contribution in [3.63, 3.8) is 0 Å². The number of carbonyl (C=O) groups excluding carboxylic acids is 1. The molecule has 2 N–H and O–H groups in total. The Morgan fingerprint density at radius 2 is 1.55 bits per heavy atom. The minimum atomic E-state index is -3.91. The first-order valence-corrected chi connectivity index (χ1v) is 12.4. The molecule has 6 nitrogen and oxygen atoms in total. The normalized spacial score (nSPS) is 12.2. The maximum atomic E-state index is 12.7. The van der Waals surface area contributed by atoms with E-state index in [1.165, 1.54) is 30.3 Å². The molecule has 10 heteroatoms. The van der Waals surface area contributed by atoms with Gasteiger partial charge in [0.2, 0.25) is 0 Å². The molecule has 0 unspecified atom stereocenters. The van der Waals surface area contributed by atoms with E-state index >= 15 is 0 Å². The molecular formula is C23H21Cl3N2O4S. The summed E-state index contributed by atoms with van der Waals surface area (Å²) < 4.78 is 33.5. The molecule has 0 spiro atoms. The number of rotatable bonds is 7. The number of sulfonamides is 1. The smallest absolute Gasteiger partial charge is 0.265 e. The van der Waals surface area contributed by atoms with Gasteiger partial charge in [0.1, 0.15) is 5.75 Å². The Bertz CT molecular complexity index is 1270. The number of amides is 1. The Labute approximate surface area is 207 Å². The maximum absolute atomic E-state index is 12.7. The van der Waals surface area contributed by atoms with E-state index in [1.54, 1.807) is 31.2 Å². The Kier molecular flexibility index (Phi) is 7.80. The van der Waals surface area contributed by atoms with E-state index in [9.17, 15) is 13.2 Å². The van der Waals surface area contributed by atoms with Crippen LogP contribution in [-0.4, -0.2) is 20.4 Å². The molecule has 0 fully saturated rings. The third-order valence-electron chi connectivity index (χ3n) is 4.72. The minimum Gasteiger partial charge on any atom is -0.481 e. The van der Waals surface area contributed by atoms with Crippen molar-refractivity contribution in [3.8, 4) is 5.75 Å². The van der Waals surface area contributed by atoms with Gasteiger partial charge in [0, 0.05) is 10.7 Å². The SMILES string of the molecule is Cc1cc(O[C@H](C)C(=O)Nc2ccc(S(=O)(=O)Nc3cccc(Cl)c3Cl)cc2)cc(C)c1Cl. The molecule has 1 atom stereocenters. The van der Waals surface area contributed by atoms with Crippen molar-refractivity contribution in [2.45, 2.75) is 31.8 Å². The topological polar surface area (TPSA) is 84.5 Å². The minimum absolute atomic E-state index is 0.00652. The van der Waals surface area contributed by atoms with Crippen LogP contribution in [-0.2, 0) is 14.8 Å². The van der Waals surface area contributed by atoms with Crippen LogP contribution >= 0.6 is 34.8 Å². The highest BCUT2D eigenvalue weighted by molar-refractivity contribution is 7.92. The molecule has 0 radical (unpaired) electrons. The van der Waals surface area contributed by atoms with Crippen molar-refractivity contribution in [2.75, 3.05) is 10.0 Å². The quantitative estimate of drug-likeness (QED) is 0.369. The Balaban J connectivity index is 1.67. The molecule has 174 valence electrons. The summed E-state index contributed by atoms with van der Waals surface area (Å²) in [4.78, 5) is 12.5. The Morgan fingerprint density at radius 3 is 2.15 bits per heavy atom. The van der Waals surface area contributed by atoms with E-state index < -0.39 is 16.1 Å². The number of hydrogen-bond acceptors (Lipinski definition) is 4. The van der Waals surface area contributed by atoms with Gasteiger partial charge in [-0.1, -0.05) is 40.9 Å². The molecule has 3 rings (SSSR count). The number of ether oxygens (including phenoxy) is 1. The summed E-state index contributed by atoms with van der Waals surface area (Å²) in [5.41, 5.74) is 2.28. The molecule has 1 amide bonds. The molecule has 0 aliphatic rings. The summed E-state index contributed by atoms with van der Waals surface area (Å²) in [6.45, 7) is 5.33. The van der Waals surface area contributed by atoms with Gasteiger partial charge in [-0.25, -0.2) is 8.42 Å². The molecular weight excluding hydrogens is 507 g/mol. The summed E-state index contributed by atoms with van der Waals surface area (Å²) in [6, 6.07) is 13.9. The van der Waals surface area contributed by atoms with Crippen molar-refractivity contribution in [2.24, 2.45) is 0 Å². The predicted molar refractivity (Wildman–Crippen MR) is 133 cm³/mol. The average molecular weight is 528 g/mol. The zero-order valence-corrected chi connectivity index (χ0v) is 21.0. The van der Waals surface area contributed by atoms with E-state index in [0.29, 0.717) is 16.5 Å². The highest BCUT2D eigenvalue weighted by Gasteiger charge is 2.19. The monoisotopic (exact) mass is 526 g/mol. The standard InChI is InChI=1S/C23H21Cl3N2O4S/c1-13-11-17(12-14(2)21(13)25)32-15(3)23(29)27-16-7-9-18(10-8-16)33(30,31)28-20-6-4-5-19(24)22(20)26/h4-12,15,28H,1-3H3,(H,27,29)/t15-/m1/s1. The fourth-order valence-corrected chi connectivity index (χ4v) is 4.56. The summed E-state index contributed by atoms with van der Waals surface area (Å²) in [5, 5.41) is 3.69. The summed E-state index contributed by atoms with van der Waals surface area (Å²) in [7, 11) is -3.91. The van der Waals surface area contributed by atoms with Crippen molar-refractivity contribution >= 4 is 62.1 Å². The molecule has 0 aliphatic carbocycles. The second-order valence-electron chi connectivity index (χ2n) is 7.35. The third-order valence-corrected chi connectivity index (χ3v) is 7.52. The van der Waals surface area contributed by atoms with E-state index in [-0.39, 0.29) is 26.5 Å². The van der Waals surface area contributed by atoms with E-state index in [4.69, 9.17) is 39.5 Å². The van der Waals surface area contributed by atoms with Crippen molar-refractivity contribution < 1.29 is 17.9 Å². The Morgan fingerprint density at radius 1 is 0.939 bits per heavy atom. The first-order valence-electron chi connectivity index (χ1n) is 9.79. The number of anilines is 2. The van der Waals surface area contributed by atoms with Crippen molar-refractivity contribution in [1.29, 1.82) is 0 Å². The average Bonchev–Trinajstić information content (AvgIpc) is 2.75. The highest BCUT2D eigenvalue weighted by Crippen LogP contribution is 2.31. The largest absolute Gasteiger partial charge is 0.481 e.